The zero-order chi connectivity index (χ0) is 19.6. The zero-order valence-electron chi connectivity index (χ0n) is 15.4. The summed E-state index contributed by atoms with van der Waals surface area (Å²) in [5, 5.41) is 14.4. The molecule has 2 fully saturated rings. The van der Waals surface area contributed by atoms with E-state index < -0.39 is 9.84 Å². The summed E-state index contributed by atoms with van der Waals surface area (Å²) in [6.07, 6.45) is 4.66. The van der Waals surface area contributed by atoms with E-state index in [1.165, 1.54) is 11.8 Å². The lowest BCUT2D eigenvalue weighted by Gasteiger charge is -2.34. The molecule has 2 aromatic heterocycles. The number of aromatic nitrogens is 4. The average molecular weight is 442 g/mol. The molecule has 0 unspecified atom stereocenters. The summed E-state index contributed by atoms with van der Waals surface area (Å²) in [5.74, 6) is 0.485. The third-order valence-electron chi connectivity index (χ3n) is 5.32. The van der Waals surface area contributed by atoms with E-state index in [9.17, 15) is 13.2 Å². The summed E-state index contributed by atoms with van der Waals surface area (Å²) in [5.41, 5.74) is 0. The number of sulfone groups is 1. The molecule has 2 aromatic rings. The average Bonchev–Trinajstić information content (AvgIpc) is 3.43. The molecule has 0 N–H and O–H groups in total. The second kappa shape index (κ2) is 8.50. The molecule has 0 bridgehead atoms. The van der Waals surface area contributed by atoms with Gasteiger partial charge in [-0.15, -0.1) is 16.4 Å². The fourth-order valence-electron chi connectivity index (χ4n) is 4.03. The van der Waals surface area contributed by atoms with Gasteiger partial charge in [0.2, 0.25) is 11.1 Å². The van der Waals surface area contributed by atoms with E-state index in [1.807, 2.05) is 22.4 Å². The van der Waals surface area contributed by atoms with Crippen LogP contribution in [-0.2, 0) is 21.2 Å². The minimum atomic E-state index is -3.03. The van der Waals surface area contributed by atoms with Crippen LogP contribution < -0.4 is 0 Å². The Morgan fingerprint density at radius 3 is 2.79 bits per heavy atom. The molecule has 0 radical (unpaired) electrons. The van der Waals surface area contributed by atoms with Crippen molar-refractivity contribution in [1.82, 2.24) is 25.1 Å². The first-order valence-electron chi connectivity index (χ1n) is 9.45. The van der Waals surface area contributed by atoms with Gasteiger partial charge >= 0.3 is 0 Å². The monoisotopic (exact) mass is 441 g/mol. The molecule has 0 aromatic carbocycles. The predicted octanol–water partition coefficient (Wildman–Crippen LogP) is 1.83. The molecule has 3 heterocycles. The number of hydrogen-bond acceptors (Lipinski definition) is 8. The van der Waals surface area contributed by atoms with Crippen LogP contribution in [0.5, 0.6) is 0 Å². The summed E-state index contributed by atoms with van der Waals surface area (Å²) in [7, 11) is -3.03. The van der Waals surface area contributed by atoms with E-state index in [2.05, 4.69) is 15.5 Å². The van der Waals surface area contributed by atoms with Crippen LogP contribution in [0.4, 0.5) is 0 Å². The van der Waals surface area contributed by atoms with Crippen molar-refractivity contribution in [3.63, 3.8) is 0 Å². The molecule has 28 heavy (non-hydrogen) atoms. The van der Waals surface area contributed by atoms with Crippen LogP contribution in [-0.4, -0.2) is 68.8 Å². The van der Waals surface area contributed by atoms with Gasteiger partial charge in [-0.05, 0) is 41.1 Å². The lowest BCUT2D eigenvalue weighted by molar-refractivity contribution is -0.132. The number of thiophene rings is 1. The third-order valence-corrected chi connectivity index (χ3v) is 8.87. The second-order valence-corrected chi connectivity index (χ2v) is 11.5. The molecule has 1 aliphatic carbocycles. The minimum Gasteiger partial charge on any atom is -0.335 e. The van der Waals surface area contributed by atoms with E-state index in [0.717, 1.165) is 30.6 Å². The molecule has 1 saturated carbocycles. The summed E-state index contributed by atoms with van der Waals surface area (Å²) in [4.78, 5) is 16.1. The van der Waals surface area contributed by atoms with Gasteiger partial charge in [0.25, 0.3) is 0 Å². The molecule has 4 rings (SSSR count). The van der Waals surface area contributed by atoms with Crippen molar-refractivity contribution in [1.29, 1.82) is 0 Å². The molecule has 1 aliphatic heterocycles. The quantitative estimate of drug-likeness (QED) is 0.605. The smallest absolute Gasteiger partial charge is 0.233 e. The lowest BCUT2D eigenvalue weighted by Crippen LogP contribution is -2.47. The van der Waals surface area contributed by atoms with Crippen molar-refractivity contribution in [2.45, 2.75) is 55.9 Å². The van der Waals surface area contributed by atoms with Crippen LogP contribution in [0, 0.1) is 0 Å². The van der Waals surface area contributed by atoms with Gasteiger partial charge in [0.1, 0.15) is 0 Å². The van der Waals surface area contributed by atoms with Crippen molar-refractivity contribution in [3.8, 4) is 0 Å². The first-order valence-corrected chi connectivity index (χ1v) is 13.1. The zero-order valence-corrected chi connectivity index (χ0v) is 17.9. The molecule has 152 valence electrons. The number of nitrogens with zero attached hydrogens (tertiary/aromatic N) is 5. The van der Waals surface area contributed by atoms with Crippen molar-refractivity contribution in [3.05, 3.63) is 22.4 Å². The highest BCUT2D eigenvalue weighted by atomic mass is 32.2. The van der Waals surface area contributed by atoms with Crippen LogP contribution in [0.1, 0.15) is 37.0 Å². The maximum absolute atomic E-state index is 13.1. The summed E-state index contributed by atoms with van der Waals surface area (Å²) in [6, 6.07) is 3.97. The standard InChI is InChI=1S/C17H23N5O3S3/c23-16(11-27-17-18-19-20-21(17)10-15-6-3-8-26-15)22(13-4-1-2-5-13)14-7-9-28(24,25)12-14/h3,6,8,13-14H,1-2,4-5,7,9-12H2/t14-/m0/s1. The molecular formula is C17H23N5O3S3. The van der Waals surface area contributed by atoms with Gasteiger partial charge < -0.3 is 4.90 Å². The SMILES string of the molecule is O=C(CSc1nnnn1Cc1cccs1)N(C1CCCC1)[C@H]1CCS(=O)(=O)C1. The Labute approximate surface area is 172 Å². The minimum absolute atomic E-state index is 0.00956. The number of carbonyl (C=O) groups is 1. The molecule has 1 saturated heterocycles. The number of thioether (sulfide) groups is 1. The Balaban J connectivity index is 1.43. The molecular weight excluding hydrogens is 418 g/mol. The highest BCUT2D eigenvalue weighted by Crippen LogP contribution is 2.30. The highest BCUT2D eigenvalue weighted by Gasteiger charge is 2.38. The van der Waals surface area contributed by atoms with Crippen LogP contribution in [0.3, 0.4) is 0 Å². The van der Waals surface area contributed by atoms with Gasteiger partial charge in [0, 0.05) is 17.0 Å². The summed E-state index contributed by atoms with van der Waals surface area (Å²) < 4.78 is 25.6. The van der Waals surface area contributed by atoms with E-state index in [4.69, 9.17) is 0 Å². The number of tetrazole rings is 1. The Hall–Kier alpha value is -1.46. The maximum atomic E-state index is 13.1. The topological polar surface area (TPSA) is 98.1 Å². The van der Waals surface area contributed by atoms with Crippen molar-refractivity contribution < 1.29 is 13.2 Å². The van der Waals surface area contributed by atoms with Crippen LogP contribution in [0.2, 0.25) is 0 Å². The van der Waals surface area contributed by atoms with Gasteiger partial charge in [-0.1, -0.05) is 30.7 Å². The fraction of sp³-hybridized carbons (Fsp3) is 0.647. The second-order valence-electron chi connectivity index (χ2n) is 7.28. The van der Waals surface area contributed by atoms with Crippen molar-refractivity contribution in [2.24, 2.45) is 0 Å². The Morgan fingerprint density at radius 2 is 2.11 bits per heavy atom. The van der Waals surface area contributed by atoms with Gasteiger partial charge in [-0.3, -0.25) is 4.79 Å². The number of amides is 1. The van der Waals surface area contributed by atoms with Crippen molar-refractivity contribution >= 4 is 38.8 Å². The van der Waals surface area contributed by atoms with Gasteiger partial charge in [-0.25, -0.2) is 13.1 Å². The van der Waals surface area contributed by atoms with Gasteiger partial charge in [0.15, 0.2) is 9.84 Å². The number of hydrogen-bond donors (Lipinski definition) is 0. The van der Waals surface area contributed by atoms with E-state index in [-0.39, 0.29) is 35.2 Å². The van der Waals surface area contributed by atoms with Crippen LogP contribution in [0.25, 0.3) is 0 Å². The lowest BCUT2D eigenvalue weighted by atomic mass is 10.1. The Kier molecular flexibility index (Phi) is 6.02. The largest absolute Gasteiger partial charge is 0.335 e. The highest BCUT2D eigenvalue weighted by molar-refractivity contribution is 7.99. The van der Waals surface area contributed by atoms with E-state index in [1.54, 1.807) is 16.0 Å². The first-order chi connectivity index (χ1) is 13.5. The maximum Gasteiger partial charge on any atom is 0.233 e. The molecule has 2 aliphatic rings. The first kappa shape index (κ1) is 19.8. The van der Waals surface area contributed by atoms with Gasteiger partial charge in [-0.2, -0.15) is 0 Å². The normalized spacial score (nSPS) is 21.9. The predicted molar refractivity (Wildman–Crippen MR) is 108 cm³/mol. The molecule has 11 heteroatoms. The van der Waals surface area contributed by atoms with E-state index in [0.29, 0.717) is 18.1 Å². The molecule has 0 spiro atoms. The Bertz CT molecular complexity index is 906. The molecule has 8 nitrogen and oxygen atoms in total. The van der Waals surface area contributed by atoms with Crippen LogP contribution in [0.15, 0.2) is 22.7 Å². The summed E-state index contributed by atoms with van der Waals surface area (Å²) >= 11 is 2.96. The van der Waals surface area contributed by atoms with Gasteiger partial charge in [0.05, 0.1) is 23.8 Å². The van der Waals surface area contributed by atoms with E-state index >= 15 is 0 Å². The third kappa shape index (κ3) is 4.57. The van der Waals surface area contributed by atoms with Crippen molar-refractivity contribution in [2.75, 3.05) is 17.3 Å². The summed E-state index contributed by atoms with van der Waals surface area (Å²) in [6.45, 7) is 0.578. The molecule has 1 amide bonds. The number of rotatable bonds is 7. The Morgan fingerprint density at radius 1 is 1.29 bits per heavy atom. The number of carbonyl (C=O) groups excluding carboxylic acids is 1. The van der Waals surface area contributed by atoms with Crippen LogP contribution >= 0.6 is 23.1 Å². The molecule has 1 atom stereocenters. The fourth-order valence-corrected chi connectivity index (χ4v) is 7.18.